The van der Waals surface area contributed by atoms with Crippen molar-refractivity contribution in [3.05, 3.63) is 0 Å². The molecule has 0 aromatic carbocycles. The number of nitrogens with two attached hydrogens (primary N) is 2. The lowest BCUT2D eigenvalue weighted by Crippen LogP contribution is -2.31. The average molecular weight is 234 g/mol. The Bertz CT molecular complexity index is 219. The van der Waals surface area contributed by atoms with Crippen molar-refractivity contribution in [2.45, 2.75) is 45.7 Å². The van der Waals surface area contributed by atoms with Gasteiger partial charge in [0, 0.05) is 0 Å². The van der Waals surface area contributed by atoms with E-state index in [1.807, 2.05) is 13.8 Å². The summed E-state index contributed by atoms with van der Waals surface area (Å²) in [7, 11) is 0. The molecule has 0 fully saturated rings. The molecule has 6 nitrogen and oxygen atoms in total. The van der Waals surface area contributed by atoms with Gasteiger partial charge in [-0.05, 0) is 18.8 Å². The van der Waals surface area contributed by atoms with E-state index in [-0.39, 0.29) is 0 Å². The lowest BCUT2D eigenvalue weighted by Gasteiger charge is -2.07. The fourth-order valence-corrected chi connectivity index (χ4v) is 0.783. The number of hydrogen-bond acceptors (Lipinski definition) is 4. The van der Waals surface area contributed by atoms with E-state index in [4.69, 9.17) is 21.7 Å². The van der Waals surface area contributed by atoms with Crippen molar-refractivity contribution in [1.29, 1.82) is 0 Å². The Labute approximate surface area is 95.6 Å². The maximum absolute atomic E-state index is 10.1. The number of carboxylic acid groups (broad SMARTS) is 2. The highest BCUT2D eigenvalue weighted by molar-refractivity contribution is 5.73. The Morgan fingerprint density at radius 3 is 1.50 bits per heavy atom. The molecule has 0 aliphatic heterocycles. The highest BCUT2D eigenvalue weighted by Gasteiger charge is 2.11. The first-order valence-corrected chi connectivity index (χ1v) is 5.19. The summed E-state index contributed by atoms with van der Waals surface area (Å²) in [5.74, 6) is -1.48. The highest BCUT2D eigenvalue weighted by atomic mass is 16.4. The van der Waals surface area contributed by atoms with Gasteiger partial charge in [0.05, 0.1) is 0 Å². The average Bonchev–Trinajstić information content (AvgIpc) is 2.16. The summed E-state index contributed by atoms with van der Waals surface area (Å²) in [5, 5.41) is 16.4. The zero-order chi connectivity index (χ0) is 13.3. The SMILES string of the molecule is CC(C)C[C@H](N)C(=O)O.CCC(N)C(=O)O. The second-order valence-electron chi connectivity index (χ2n) is 3.93. The van der Waals surface area contributed by atoms with E-state index in [1.165, 1.54) is 0 Å². The standard InChI is InChI=1S/C6H13NO2.C4H9NO2/c1-4(2)3-5(7)6(8)9;1-2-3(5)4(6)7/h4-5H,3,7H2,1-2H3,(H,8,9);3H,2,5H2,1H3,(H,6,7)/t5-;/m0./s1. The first-order chi connectivity index (χ1) is 7.22. The molecule has 0 heterocycles. The molecule has 6 heteroatoms. The summed E-state index contributed by atoms with van der Waals surface area (Å²) < 4.78 is 0. The highest BCUT2D eigenvalue weighted by Crippen LogP contribution is 2.01. The lowest BCUT2D eigenvalue weighted by atomic mass is 10.1. The predicted octanol–water partition coefficient (Wildman–Crippen LogP) is 0.253. The van der Waals surface area contributed by atoms with Gasteiger partial charge in [0.2, 0.25) is 0 Å². The van der Waals surface area contributed by atoms with Crippen LogP contribution in [0.2, 0.25) is 0 Å². The van der Waals surface area contributed by atoms with Crippen LogP contribution < -0.4 is 11.5 Å². The molecule has 16 heavy (non-hydrogen) atoms. The van der Waals surface area contributed by atoms with Crippen molar-refractivity contribution in [3.8, 4) is 0 Å². The molecule has 0 saturated heterocycles. The van der Waals surface area contributed by atoms with Gasteiger partial charge >= 0.3 is 11.9 Å². The van der Waals surface area contributed by atoms with Gasteiger partial charge in [0.15, 0.2) is 0 Å². The second kappa shape index (κ2) is 9.11. The quantitative estimate of drug-likeness (QED) is 0.540. The number of rotatable bonds is 5. The van der Waals surface area contributed by atoms with Crippen LogP contribution in [0.25, 0.3) is 0 Å². The Morgan fingerprint density at radius 2 is 1.44 bits per heavy atom. The molecule has 0 aliphatic carbocycles. The van der Waals surface area contributed by atoms with Gasteiger partial charge in [-0.1, -0.05) is 20.8 Å². The Morgan fingerprint density at radius 1 is 1.06 bits per heavy atom. The van der Waals surface area contributed by atoms with Crippen LogP contribution in [-0.4, -0.2) is 34.2 Å². The molecule has 0 radical (unpaired) electrons. The molecule has 0 aromatic heterocycles. The number of aliphatic carboxylic acids is 2. The van der Waals surface area contributed by atoms with Crippen LogP contribution in [0.4, 0.5) is 0 Å². The maximum atomic E-state index is 10.1. The fraction of sp³-hybridized carbons (Fsp3) is 0.800. The van der Waals surface area contributed by atoms with Gasteiger partial charge < -0.3 is 21.7 Å². The zero-order valence-corrected chi connectivity index (χ0v) is 10.0. The molecule has 1 unspecified atom stereocenters. The molecule has 0 aliphatic rings. The molecular weight excluding hydrogens is 212 g/mol. The number of hydrogen-bond donors (Lipinski definition) is 4. The van der Waals surface area contributed by atoms with Crippen molar-refractivity contribution in [2.24, 2.45) is 17.4 Å². The van der Waals surface area contributed by atoms with Gasteiger partial charge in [0.25, 0.3) is 0 Å². The molecular formula is C10H22N2O4. The predicted molar refractivity (Wildman–Crippen MR) is 61.0 cm³/mol. The van der Waals surface area contributed by atoms with E-state index >= 15 is 0 Å². The second-order valence-corrected chi connectivity index (χ2v) is 3.93. The van der Waals surface area contributed by atoms with Crippen LogP contribution >= 0.6 is 0 Å². The molecule has 6 N–H and O–H groups in total. The molecule has 96 valence electrons. The van der Waals surface area contributed by atoms with Crippen molar-refractivity contribution in [1.82, 2.24) is 0 Å². The number of carboxylic acids is 2. The summed E-state index contributed by atoms with van der Waals surface area (Å²) in [5.41, 5.74) is 10.2. The molecule has 0 saturated carbocycles. The van der Waals surface area contributed by atoms with Gasteiger partial charge in [-0.3, -0.25) is 9.59 Å². The smallest absolute Gasteiger partial charge is 0.320 e. The molecule has 0 rings (SSSR count). The molecule has 0 amide bonds. The summed E-state index contributed by atoms with van der Waals surface area (Å²) in [6.45, 7) is 5.63. The molecule has 0 bridgehead atoms. The fourth-order valence-electron chi connectivity index (χ4n) is 0.783. The largest absolute Gasteiger partial charge is 0.480 e. The number of carbonyl (C=O) groups is 2. The van der Waals surface area contributed by atoms with Crippen molar-refractivity contribution in [2.75, 3.05) is 0 Å². The van der Waals surface area contributed by atoms with E-state index in [0.29, 0.717) is 18.8 Å². The molecule has 0 spiro atoms. The maximum Gasteiger partial charge on any atom is 0.320 e. The first-order valence-electron chi connectivity index (χ1n) is 5.19. The zero-order valence-electron chi connectivity index (χ0n) is 10.0. The summed E-state index contributed by atoms with van der Waals surface area (Å²) in [4.78, 5) is 19.9. The van der Waals surface area contributed by atoms with Crippen LogP contribution in [0.5, 0.6) is 0 Å². The van der Waals surface area contributed by atoms with Crippen LogP contribution in [0.3, 0.4) is 0 Å². The van der Waals surface area contributed by atoms with Crippen molar-refractivity contribution >= 4 is 11.9 Å². The third-order valence-electron chi connectivity index (χ3n) is 1.80. The van der Waals surface area contributed by atoms with E-state index < -0.39 is 24.0 Å². The third-order valence-corrected chi connectivity index (χ3v) is 1.80. The van der Waals surface area contributed by atoms with Crippen LogP contribution in [0.15, 0.2) is 0 Å². The topological polar surface area (TPSA) is 127 Å². The third kappa shape index (κ3) is 10.9. The van der Waals surface area contributed by atoms with Crippen LogP contribution in [0, 0.1) is 5.92 Å². The van der Waals surface area contributed by atoms with Crippen LogP contribution in [0.1, 0.15) is 33.6 Å². The minimum Gasteiger partial charge on any atom is -0.480 e. The molecule has 2 atom stereocenters. The van der Waals surface area contributed by atoms with E-state index in [0.717, 1.165) is 0 Å². The van der Waals surface area contributed by atoms with Crippen LogP contribution in [-0.2, 0) is 9.59 Å². The van der Waals surface area contributed by atoms with E-state index in [2.05, 4.69) is 0 Å². The Hall–Kier alpha value is -1.14. The summed E-state index contributed by atoms with van der Waals surface area (Å²) in [6.07, 6.45) is 1.05. The van der Waals surface area contributed by atoms with E-state index in [1.54, 1.807) is 6.92 Å². The van der Waals surface area contributed by atoms with Gasteiger partial charge in [-0.2, -0.15) is 0 Å². The van der Waals surface area contributed by atoms with Gasteiger partial charge in [0.1, 0.15) is 12.1 Å². The Kier molecular flexibility index (Phi) is 9.83. The minimum absolute atomic E-state index is 0.357. The molecule has 0 aromatic rings. The summed E-state index contributed by atoms with van der Waals surface area (Å²) in [6, 6.07) is -1.37. The summed E-state index contributed by atoms with van der Waals surface area (Å²) >= 11 is 0. The monoisotopic (exact) mass is 234 g/mol. The first kappa shape index (κ1) is 17.3. The van der Waals surface area contributed by atoms with Gasteiger partial charge in [-0.15, -0.1) is 0 Å². The van der Waals surface area contributed by atoms with E-state index in [9.17, 15) is 9.59 Å². The Balaban J connectivity index is 0. The van der Waals surface area contributed by atoms with Gasteiger partial charge in [-0.25, -0.2) is 0 Å². The lowest BCUT2D eigenvalue weighted by molar-refractivity contribution is -0.139. The van der Waals surface area contributed by atoms with Crippen molar-refractivity contribution < 1.29 is 19.8 Å². The minimum atomic E-state index is -0.928. The normalized spacial score (nSPS) is 13.6. The van der Waals surface area contributed by atoms with Crippen molar-refractivity contribution in [3.63, 3.8) is 0 Å².